The zero-order valence-corrected chi connectivity index (χ0v) is 34.9. The van der Waals surface area contributed by atoms with Crippen LogP contribution in [0.5, 0.6) is 0 Å². The lowest BCUT2D eigenvalue weighted by molar-refractivity contribution is 0.660. The highest BCUT2D eigenvalue weighted by atomic mass is 15.0. The van der Waals surface area contributed by atoms with Crippen LogP contribution in [-0.2, 0) is 5.41 Å². The Balaban J connectivity index is 1.09. The van der Waals surface area contributed by atoms with E-state index < -0.39 is 0 Å². The Hall–Kier alpha value is -8.19. The van der Waals surface area contributed by atoms with Crippen LogP contribution in [0.15, 0.2) is 200 Å². The van der Waals surface area contributed by atoms with Gasteiger partial charge < -0.3 is 9.13 Å². The van der Waals surface area contributed by atoms with Crippen LogP contribution in [-0.4, -0.2) is 9.13 Å². The number of aromatic nitrogens is 2. The second kappa shape index (κ2) is 13.2. The summed E-state index contributed by atoms with van der Waals surface area (Å²) in [5.74, 6) is 0. The first kappa shape index (κ1) is 35.6. The standard InChI is InChI=1S/C60H39N3/c1-60(2)52-30-37(36-61)20-25-48(52)49-26-21-40(34-53(49)60)42-31-43(33-45(32-42)63-54-19-11-10-18-50(54)58-46-16-8-6-12-38(46)24-29-56(58)63)41-22-27-51-57(35-41)62(44-14-4-3-5-15-44)55-28-23-39-13-7-9-17-47(39)59(51)55/h3-35H,1-2H3. The van der Waals surface area contributed by atoms with Gasteiger partial charge in [-0.3, -0.25) is 0 Å². The Morgan fingerprint density at radius 1 is 0.381 bits per heavy atom. The lowest BCUT2D eigenvalue weighted by atomic mass is 9.81. The van der Waals surface area contributed by atoms with Crippen molar-refractivity contribution < 1.29 is 0 Å². The molecule has 0 saturated carbocycles. The summed E-state index contributed by atoms with van der Waals surface area (Å²) in [5, 5.41) is 19.8. The van der Waals surface area contributed by atoms with Gasteiger partial charge in [0, 0.05) is 38.3 Å². The van der Waals surface area contributed by atoms with Gasteiger partial charge in [0.25, 0.3) is 0 Å². The van der Waals surface area contributed by atoms with Gasteiger partial charge in [0.2, 0.25) is 0 Å². The SMILES string of the molecule is CC1(C)c2cc(C#N)ccc2-c2ccc(-c3cc(-c4ccc5c6c7ccccc7ccc6n(-c6ccccc6)c5c4)cc(-n4c5ccccc5c5c6ccccc6ccc54)c3)cc21. The van der Waals surface area contributed by atoms with Crippen LogP contribution in [0.2, 0.25) is 0 Å². The minimum absolute atomic E-state index is 0.262. The smallest absolute Gasteiger partial charge is 0.0991 e. The predicted molar refractivity (Wildman–Crippen MR) is 263 cm³/mol. The summed E-state index contributed by atoms with van der Waals surface area (Å²) in [4.78, 5) is 0. The highest BCUT2D eigenvalue weighted by Gasteiger charge is 2.36. The number of rotatable bonds is 4. The van der Waals surface area contributed by atoms with Crippen LogP contribution in [0.25, 0.3) is 110 Å². The quantitative estimate of drug-likeness (QED) is 0.174. The van der Waals surface area contributed by atoms with Crippen molar-refractivity contribution >= 4 is 65.2 Å². The molecule has 0 N–H and O–H groups in total. The van der Waals surface area contributed by atoms with Gasteiger partial charge >= 0.3 is 0 Å². The first-order valence-corrected chi connectivity index (χ1v) is 21.7. The van der Waals surface area contributed by atoms with Gasteiger partial charge in [0.15, 0.2) is 0 Å². The van der Waals surface area contributed by atoms with Crippen LogP contribution in [0.4, 0.5) is 0 Å². The molecule has 12 aromatic rings. The van der Waals surface area contributed by atoms with E-state index in [4.69, 9.17) is 0 Å². The molecular formula is C60H39N3. The van der Waals surface area contributed by atoms with Crippen LogP contribution < -0.4 is 0 Å². The van der Waals surface area contributed by atoms with E-state index in [2.05, 4.69) is 223 Å². The molecule has 10 aromatic carbocycles. The Labute approximate surface area is 364 Å². The van der Waals surface area contributed by atoms with Crippen molar-refractivity contribution in [2.75, 3.05) is 0 Å². The monoisotopic (exact) mass is 801 g/mol. The molecule has 0 bridgehead atoms. The van der Waals surface area contributed by atoms with E-state index in [1.54, 1.807) is 0 Å². The maximum absolute atomic E-state index is 9.81. The van der Waals surface area contributed by atoms with Crippen LogP contribution in [0, 0.1) is 11.3 Å². The van der Waals surface area contributed by atoms with E-state index in [1.165, 1.54) is 87.4 Å². The van der Waals surface area contributed by atoms with Gasteiger partial charge in [0.05, 0.1) is 33.7 Å². The number of benzene rings is 10. The summed E-state index contributed by atoms with van der Waals surface area (Å²) >= 11 is 0. The fourth-order valence-electron chi connectivity index (χ4n) is 10.9. The Morgan fingerprint density at radius 2 is 0.921 bits per heavy atom. The van der Waals surface area contributed by atoms with Gasteiger partial charge in [-0.05, 0) is 139 Å². The zero-order chi connectivity index (χ0) is 42.0. The number of nitrogens with zero attached hydrogens (tertiary/aromatic N) is 3. The average molecular weight is 802 g/mol. The van der Waals surface area contributed by atoms with Crippen molar-refractivity contribution in [2.24, 2.45) is 0 Å². The molecule has 3 heteroatoms. The van der Waals surface area contributed by atoms with Crippen LogP contribution in [0.3, 0.4) is 0 Å². The van der Waals surface area contributed by atoms with Gasteiger partial charge in [-0.1, -0.05) is 141 Å². The third-order valence-corrected chi connectivity index (χ3v) is 13.9. The third-order valence-electron chi connectivity index (χ3n) is 13.9. The van der Waals surface area contributed by atoms with E-state index in [0.717, 1.165) is 33.6 Å². The van der Waals surface area contributed by atoms with Crippen molar-refractivity contribution in [3.8, 4) is 50.8 Å². The number of para-hydroxylation sites is 2. The minimum atomic E-state index is -0.262. The molecule has 2 heterocycles. The molecular weight excluding hydrogens is 763 g/mol. The molecule has 63 heavy (non-hydrogen) atoms. The molecule has 0 spiro atoms. The minimum Gasteiger partial charge on any atom is -0.309 e. The van der Waals surface area contributed by atoms with Crippen molar-refractivity contribution in [1.29, 1.82) is 5.26 Å². The molecule has 1 aliphatic rings. The number of fused-ring (bicyclic) bond motifs is 13. The van der Waals surface area contributed by atoms with Gasteiger partial charge in [0.1, 0.15) is 0 Å². The predicted octanol–water partition coefficient (Wildman–Crippen LogP) is 15.7. The highest BCUT2D eigenvalue weighted by Crippen LogP contribution is 2.50. The second-order valence-electron chi connectivity index (χ2n) is 17.6. The molecule has 2 aromatic heterocycles. The zero-order valence-electron chi connectivity index (χ0n) is 34.9. The van der Waals surface area contributed by atoms with Crippen molar-refractivity contribution in [3.63, 3.8) is 0 Å². The first-order chi connectivity index (χ1) is 30.9. The molecule has 0 fully saturated rings. The van der Waals surface area contributed by atoms with Crippen LogP contribution >= 0.6 is 0 Å². The van der Waals surface area contributed by atoms with Crippen molar-refractivity contribution in [1.82, 2.24) is 9.13 Å². The third kappa shape index (κ3) is 5.13. The summed E-state index contributed by atoms with van der Waals surface area (Å²) in [6.07, 6.45) is 0. The normalized spacial score (nSPS) is 13.0. The number of hydrogen-bond donors (Lipinski definition) is 0. The molecule has 0 radical (unpaired) electrons. The molecule has 1 aliphatic carbocycles. The first-order valence-electron chi connectivity index (χ1n) is 21.7. The maximum Gasteiger partial charge on any atom is 0.0991 e. The van der Waals surface area contributed by atoms with Crippen molar-refractivity contribution in [2.45, 2.75) is 19.3 Å². The van der Waals surface area contributed by atoms with Gasteiger partial charge in [-0.2, -0.15) is 5.26 Å². The van der Waals surface area contributed by atoms with E-state index in [0.29, 0.717) is 5.56 Å². The Kier molecular flexibility index (Phi) is 7.42. The molecule has 0 saturated heterocycles. The van der Waals surface area contributed by atoms with Crippen LogP contribution in [0.1, 0.15) is 30.5 Å². The molecule has 13 rings (SSSR count). The Bertz CT molecular complexity index is 3950. The van der Waals surface area contributed by atoms with E-state index in [9.17, 15) is 5.26 Å². The summed E-state index contributed by atoms with van der Waals surface area (Å²) < 4.78 is 4.90. The van der Waals surface area contributed by atoms with Gasteiger partial charge in [-0.15, -0.1) is 0 Å². The van der Waals surface area contributed by atoms with Gasteiger partial charge in [-0.25, -0.2) is 0 Å². The molecule has 294 valence electrons. The average Bonchev–Trinajstić information content (AvgIpc) is 3.94. The summed E-state index contributed by atoms with van der Waals surface area (Å²) in [6, 6.07) is 75.8. The van der Waals surface area contributed by atoms with E-state index in [-0.39, 0.29) is 5.41 Å². The summed E-state index contributed by atoms with van der Waals surface area (Å²) in [6.45, 7) is 4.58. The Morgan fingerprint density at radius 3 is 1.60 bits per heavy atom. The fourth-order valence-corrected chi connectivity index (χ4v) is 10.9. The molecule has 0 unspecified atom stereocenters. The second-order valence-corrected chi connectivity index (χ2v) is 17.6. The largest absolute Gasteiger partial charge is 0.309 e. The van der Waals surface area contributed by atoms with E-state index in [1.807, 2.05) is 6.07 Å². The molecule has 0 amide bonds. The molecule has 3 nitrogen and oxygen atoms in total. The lowest BCUT2D eigenvalue weighted by Gasteiger charge is -2.22. The topological polar surface area (TPSA) is 33.6 Å². The number of hydrogen-bond acceptors (Lipinski definition) is 1. The lowest BCUT2D eigenvalue weighted by Crippen LogP contribution is -2.15. The highest BCUT2D eigenvalue weighted by molar-refractivity contribution is 6.23. The molecule has 0 atom stereocenters. The summed E-state index contributed by atoms with van der Waals surface area (Å²) in [5.41, 5.74) is 17.0. The molecule has 0 aliphatic heterocycles. The number of nitriles is 1. The maximum atomic E-state index is 9.81. The van der Waals surface area contributed by atoms with E-state index >= 15 is 0 Å². The fraction of sp³-hybridized carbons (Fsp3) is 0.0500. The summed E-state index contributed by atoms with van der Waals surface area (Å²) in [7, 11) is 0. The van der Waals surface area contributed by atoms with Crippen molar-refractivity contribution in [3.05, 3.63) is 217 Å².